The van der Waals surface area contributed by atoms with Crippen LogP contribution >= 0.6 is 23.4 Å². The fourth-order valence-corrected chi connectivity index (χ4v) is 1.52. The Morgan fingerprint density at radius 1 is 1.59 bits per heavy atom. The molecule has 1 rings (SSSR count). The number of thioether (sulfide) groups is 1. The zero-order valence-corrected chi connectivity index (χ0v) is 10.6. The molecular formula is C10H10ClNO4S. The fraction of sp³-hybridized carbons (Fsp3) is 0.300. The molecule has 0 fully saturated rings. The smallest absolute Gasteiger partial charge is 0.338 e. The summed E-state index contributed by atoms with van der Waals surface area (Å²) in [7, 11) is 0. The molecular weight excluding hydrogens is 266 g/mol. The van der Waals surface area contributed by atoms with E-state index in [1.54, 1.807) is 11.8 Å². The Morgan fingerprint density at radius 2 is 2.29 bits per heavy atom. The van der Waals surface area contributed by atoms with Gasteiger partial charge in [-0.15, -0.1) is 0 Å². The third-order valence-corrected chi connectivity index (χ3v) is 2.79. The topological polar surface area (TPSA) is 69.4 Å². The zero-order chi connectivity index (χ0) is 12.8. The van der Waals surface area contributed by atoms with Crippen LogP contribution in [-0.2, 0) is 4.74 Å². The van der Waals surface area contributed by atoms with Crippen LogP contribution in [-0.4, -0.2) is 29.5 Å². The van der Waals surface area contributed by atoms with Gasteiger partial charge < -0.3 is 4.74 Å². The lowest BCUT2D eigenvalue weighted by atomic mass is 10.2. The van der Waals surface area contributed by atoms with E-state index in [1.807, 2.05) is 6.26 Å². The molecule has 0 aliphatic carbocycles. The van der Waals surface area contributed by atoms with Crippen molar-refractivity contribution in [2.75, 3.05) is 18.6 Å². The number of halogens is 1. The second kappa shape index (κ2) is 6.46. The maximum Gasteiger partial charge on any atom is 0.338 e. The van der Waals surface area contributed by atoms with Crippen molar-refractivity contribution in [2.45, 2.75) is 0 Å². The van der Waals surface area contributed by atoms with Gasteiger partial charge in [0, 0.05) is 11.8 Å². The Labute approximate surface area is 107 Å². The summed E-state index contributed by atoms with van der Waals surface area (Å²) in [6.07, 6.45) is 1.89. The van der Waals surface area contributed by atoms with E-state index in [-0.39, 0.29) is 22.9 Å². The number of benzene rings is 1. The number of nitro benzene ring substituents is 1. The Morgan fingerprint density at radius 3 is 2.88 bits per heavy atom. The monoisotopic (exact) mass is 275 g/mol. The summed E-state index contributed by atoms with van der Waals surface area (Å²) in [4.78, 5) is 21.5. The molecule has 0 aromatic heterocycles. The summed E-state index contributed by atoms with van der Waals surface area (Å²) in [5.74, 6) is 0.0975. The van der Waals surface area contributed by atoms with Crippen LogP contribution in [0.4, 0.5) is 5.69 Å². The van der Waals surface area contributed by atoms with Crippen LogP contribution < -0.4 is 0 Å². The minimum absolute atomic E-state index is 0.00402. The highest BCUT2D eigenvalue weighted by Crippen LogP contribution is 2.25. The van der Waals surface area contributed by atoms with Gasteiger partial charge in [-0.2, -0.15) is 11.8 Å². The van der Waals surface area contributed by atoms with Gasteiger partial charge >= 0.3 is 5.97 Å². The molecule has 0 radical (unpaired) electrons. The average Bonchev–Trinajstić information content (AvgIpc) is 2.29. The number of nitro groups is 1. The SMILES string of the molecule is CSCCOC(=O)c1ccc(Cl)c([N+](=O)[O-])c1. The molecule has 5 nitrogen and oxygen atoms in total. The maximum absolute atomic E-state index is 11.5. The van der Waals surface area contributed by atoms with Crippen molar-refractivity contribution < 1.29 is 14.5 Å². The molecule has 1 aromatic carbocycles. The van der Waals surface area contributed by atoms with Crippen LogP contribution in [0.5, 0.6) is 0 Å². The van der Waals surface area contributed by atoms with E-state index in [0.717, 1.165) is 6.07 Å². The minimum Gasteiger partial charge on any atom is -0.461 e. The number of hydrogen-bond acceptors (Lipinski definition) is 5. The van der Waals surface area contributed by atoms with Crippen molar-refractivity contribution in [3.05, 3.63) is 38.9 Å². The Hall–Kier alpha value is -1.27. The van der Waals surface area contributed by atoms with Gasteiger partial charge in [0.25, 0.3) is 5.69 Å². The van der Waals surface area contributed by atoms with E-state index < -0.39 is 10.9 Å². The normalized spacial score (nSPS) is 10.0. The van der Waals surface area contributed by atoms with Crippen molar-refractivity contribution in [3.63, 3.8) is 0 Å². The second-order valence-corrected chi connectivity index (χ2v) is 4.44. The lowest BCUT2D eigenvalue weighted by molar-refractivity contribution is -0.384. The number of nitrogens with zero attached hydrogens (tertiary/aromatic N) is 1. The lowest BCUT2D eigenvalue weighted by Gasteiger charge is -2.03. The average molecular weight is 276 g/mol. The molecule has 0 atom stereocenters. The van der Waals surface area contributed by atoms with Crippen LogP contribution in [0.3, 0.4) is 0 Å². The Balaban J connectivity index is 2.81. The van der Waals surface area contributed by atoms with Gasteiger partial charge in [0.1, 0.15) is 11.6 Å². The summed E-state index contributed by atoms with van der Waals surface area (Å²) >= 11 is 7.17. The van der Waals surface area contributed by atoms with Crippen molar-refractivity contribution in [3.8, 4) is 0 Å². The number of rotatable bonds is 5. The number of hydrogen-bond donors (Lipinski definition) is 0. The largest absolute Gasteiger partial charge is 0.461 e. The molecule has 0 N–H and O–H groups in total. The summed E-state index contributed by atoms with van der Waals surface area (Å²) in [5, 5.41) is 10.6. The lowest BCUT2D eigenvalue weighted by Crippen LogP contribution is -2.08. The molecule has 17 heavy (non-hydrogen) atoms. The molecule has 0 amide bonds. The Kier molecular flexibility index (Phi) is 5.24. The first-order valence-corrected chi connectivity index (χ1v) is 6.43. The molecule has 0 spiro atoms. The molecule has 0 heterocycles. The molecule has 0 saturated carbocycles. The molecule has 0 unspecified atom stereocenters. The number of ether oxygens (including phenoxy) is 1. The van der Waals surface area contributed by atoms with Crippen molar-refractivity contribution >= 4 is 35.0 Å². The minimum atomic E-state index is -0.638. The quantitative estimate of drug-likeness (QED) is 0.358. The van der Waals surface area contributed by atoms with Gasteiger partial charge in [0.2, 0.25) is 0 Å². The standard InChI is InChI=1S/C10H10ClNO4S/c1-17-5-4-16-10(13)7-2-3-8(11)9(6-7)12(14)15/h2-3,6H,4-5H2,1H3. The first-order valence-electron chi connectivity index (χ1n) is 4.66. The summed E-state index contributed by atoms with van der Waals surface area (Å²) < 4.78 is 4.92. The van der Waals surface area contributed by atoms with E-state index >= 15 is 0 Å². The molecule has 1 aromatic rings. The third kappa shape index (κ3) is 3.90. The van der Waals surface area contributed by atoms with E-state index in [1.165, 1.54) is 12.1 Å². The highest BCUT2D eigenvalue weighted by atomic mass is 35.5. The van der Waals surface area contributed by atoms with Crippen molar-refractivity contribution in [2.24, 2.45) is 0 Å². The van der Waals surface area contributed by atoms with Crippen LogP contribution in [0.2, 0.25) is 5.02 Å². The summed E-state index contributed by atoms with van der Waals surface area (Å²) in [6.45, 7) is 0.274. The van der Waals surface area contributed by atoms with E-state index in [0.29, 0.717) is 5.75 Å². The molecule has 7 heteroatoms. The molecule has 92 valence electrons. The van der Waals surface area contributed by atoms with Gasteiger partial charge in [-0.05, 0) is 18.4 Å². The predicted octanol–water partition coefficient (Wildman–Crippen LogP) is 2.77. The van der Waals surface area contributed by atoms with Gasteiger partial charge in [0.05, 0.1) is 10.5 Å². The fourth-order valence-electron chi connectivity index (χ4n) is 1.08. The molecule has 0 aliphatic heterocycles. The van der Waals surface area contributed by atoms with E-state index in [2.05, 4.69) is 0 Å². The summed E-state index contributed by atoms with van der Waals surface area (Å²) in [6, 6.07) is 3.82. The highest BCUT2D eigenvalue weighted by Gasteiger charge is 2.16. The Bertz CT molecular complexity index is 438. The third-order valence-electron chi connectivity index (χ3n) is 1.90. The van der Waals surface area contributed by atoms with Crippen LogP contribution in [0.1, 0.15) is 10.4 Å². The van der Waals surface area contributed by atoms with Gasteiger partial charge in [0.15, 0.2) is 0 Å². The van der Waals surface area contributed by atoms with Crippen LogP contribution in [0, 0.1) is 10.1 Å². The van der Waals surface area contributed by atoms with Gasteiger partial charge in [-0.1, -0.05) is 11.6 Å². The molecule has 0 aliphatic rings. The molecule has 0 saturated heterocycles. The van der Waals surface area contributed by atoms with Crippen LogP contribution in [0.25, 0.3) is 0 Å². The maximum atomic E-state index is 11.5. The number of esters is 1. The number of carbonyl (C=O) groups excluding carboxylic acids is 1. The van der Waals surface area contributed by atoms with Crippen molar-refractivity contribution in [1.82, 2.24) is 0 Å². The van der Waals surface area contributed by atoms with Gasteiger partial charge in [-0.25, -0.2) is 4.79 Å². The second-order valence-electron chi connectivity index (χ2n) is 3.05. The van der Waals surface area contributed by atoms with Crippen LogP contribution in [0.15, 0.2) is 18.2 Å². The number of carbonyl (C=O) groups is 1. The van der Waals surface area contributed by atoms with Crippen molar-refractivity contribution in [1.29, 1.82) is 0 Å². The molecule has 0 bridgehead atoms. The first kappa shape index (κ1) is 13.8. The van der Waals surface area contributed by atoms with Gasteiger partial charge in [-0.3, -0.25) is 10.1 Å². The first-order chi connectivity index (χ1) is 8.06. The highest BCUT2D eigenvalue weighted by molar-refractivity contribution is 7.98. The summed E-state index contributed by atoms with van der Waals surface area (Å²) in [5.41, 5.74) is -0.173. The zero-order valence-electron chi connectivity index (χ0n) is 9.01. The predicted molar refractivity (Wildman–Crippen MR) is 66.8 cm³/mol. The van der Waals surface area contributed by atoms with E-state index in [4.69, 9.17) is 16.3 Å². The van der Waals surface area contributed by atoms with E-state index in [9.17, 15) is 14.9 Å².